The van der Waals surface area contributed by atoms with Gasteiger partial charge in [0.1, 0.15) is 5.00 Å². The van der Waals surface area contributed by atoms with Crippen LogP contribution in [0.2, 0.25) is 0 Å². The Labute approximate surface area is 98.0 Å². The second kappa shape index (κ2) is 6.24. The molecule has 0 saturated carbocycles. The molecular formula is C10H15N3O2S. The fourth-order valence-corrected chi connectivity index (χ4v) is 2.02. The Hall–Kier alpha value is -1.40. The lowest BCUT2D eigenvalue weighted by Crippen LogP contribution is -2.17. The fourth-order valence-electron chi connectivity index (χ4n) is 1.21. The lowest BCUT2D eigenvalue weighted by Gasteiger charge is -2.04. The molecule has 2 amide bonds. The summed E-state index contributed by atoms with van der Waals surface area (Å²) in [6, 6.07) is 1.61. The molecule has 16 heavy (non-hydrogen) atoms. The van der Waals surface area contributed by atoms with Gasteiger partial charge >= 0.3 is 0 Å². The van der Waals surface area contributed by atoms with Gasteiger partial charge in [-0.3, -0.25) is 9.59 Å². The number of rotatable bonds is 6. The summed E-state index contributed by atoms with van der Waals surface area (Å²) in [4.78, 5) is 22.5. The summed E-state index contributed by atoms with van der Waals surface area (Å²) in [6.45, 7) is 0.792. The van der Waals surface area contributed by atoms with E-state index in [4.69, 9.17) is 5.73 Å². The Morgan fingerprint density at radius 3 is 2.88 bits per heavy atom. The first kappa shape index (κ1) is 12.7. The van der Waals surface area contributed by atoms with Gasteiger partial charge in [-0.1, -0.05) is 0 Å². The first-order chi connectivity index (χ1) is 7.65. The van der Waals surface area contributed by atoms with Crippen molar-refractivity contribution in [1.29, 1.82) is 0 Å². The zero-order valence-electron chi connectivity index (χ0n) is 9.08. The van der Waals surface area contributed by atoms with E-state index in [0.29, 0.717) is 17.0 Å². The Kier molecular flexibility index (Phi) is 4.94. The number of amides is 2. The molecule has 0 saturated heterocycles. The van der Waals surface area contributed by atoms with E-state index in [1.165, 1.54) is 11.3 Å². The minimum absolute atomic E-state index is 0.0970. The molecule has 1 heterocycles. The molecule has 6 heteroatoms. The van der Waals surface area contributed by atoms with Crippen LogP contribution in [0.3, 0.4) is 0 Å². The van der Waals surface area contributed by atoms with Crippen molar-refractivity contribution in [2.24, 2.45) is 5.73 Å². The number of carbonyl (C=O) groups is 2. The highest BCUT2D eigenvalue weighted by atomic mass is 32.1. The number of hydrogen-bond donors (Lipinski definition) is 3. The van der Waals surface area contributed by atoms with Crippen LogP contribution in [0.5, 0.6) is 0 Å². The topological polar surface area (TPSA) is 84.2 Å². The predicted octanol–water partition coefficient (Wildman–Crippen LogP) is 0.785. The number of anilines is 1. The molecule has 0 bridgehead atoms. The van der Waals surface area contributed by atoms with Gasteiger partial charge in [0.15, 0.2) is 0 Å². The zero-order valence-corrected chi connectivity index (χ0v) is 9.89. The second-order valence-electron chi connectivity index (χ2n) is 3.28. The van der Waals surface area contributed by atoms with E-state index < -0.39 is 5.91 Å². The second-order valence-corrected chi connectivity index (χ2v) is 4.20. The van der Waals surface area contributed by atoms with E-state index in [1.807, 2.05) is 7.05 Å². The van der Waals surface area contributed by atoms with Gasteiger partial charge in [0.05, 0.1) is 5.56 Å². The van der Waals surface area contributed by atoms with E-state index in [2.05, 4.69) is 10.6 Å². The summed E-state index contributed by atoms with van der Waals surface area (Å²) in [6.07, 6.45) is 1.19. The molecule has 1 aromatic rings. The number of hydrogen-bond acceptors (Lipinski definition) is 4. The van der Waals surface area contributed by atoms with Crippen molar-refractivity contribution in [2.75, 3.05) is 18.9 Å². The zero-order chi connectivity index (χ0) is 12.0. The van der Waals surface area contributed by atoms with Gasteiger partial charge in [-0.2, -0.15) is 0 Å². The Balaban J connectivity index is 2.49. The van der Waals surface area contributed by atoms with E-state index in [1.54, 1.807) is 11.4 Å². The van der Waals surface area contributed by atoms with Crippen molar-refractivity contribution < 1.29 is 9.59 Å². The molecule has 5 nitrogen and oxygen atoms in total. The lowest BCUT2D eigenvalue weighted by atomic mass is 10.2. The monoisotopic (exact) mass is 241 g/mol. The minimum atomic E-state index is -0.522. The average Bonchev–Trinajstić information content (AvgIpc) is 2.66. The van der Waals surface area contributed by atoms with E-state index in [9.17, 15) is 9.59 Å². The highest BCUT2D eigenvalue weighted by Crippen LogP contribution is 2.22. The molecule has 0 atom stereocenters. The van der Waals surface area contributed by atoms with Crippen LogP contribution < -0.4 is 16.4 Å². The molecular weight excluding hydrogens is 226 g/mol. The van der Waals surface area contributed by atoms with Crippen molar-refractivity contribution in [2.45, 2.75) is 12.8 Å². The SMILES string of the molecule is CNCCCC(=O)Nc1sccc1C(N)=O. The van der Waals surface area contributed by atoms with Gasteiger partial charge in [-0.05, 0) is 31.5 Å². The molecule has 0 unspecified atom stereocenters. The summed E-state index contributed by atoms with van der Waals surface area (Å²) in [5, 5.41) is 7.90. The normalized spacial score (nSPS) is 10.1. The molecule has 0 fully saturated rings. The van der Waals surface area contributed by atoms with Gasteiger partial charge in [-0.15, -0.1) is 11.3 Å². The van der Waals surface area contributed by atoms with Crippen molar-refractivity contribution >= 4 is 28.2 Å². The summed E-state index contributed by atoms with van der Waals surface area (Å²) >= 11 is 1.30. The van der Waals surface area contributed by atoms with Crippen molar-refractivity contribution in [1.82, 2.24) is 5.32 Å². The lowest BCUT2D eigenvalue weighted by molar-refractivity contribution is -0.116. The predicted molar refractivity (Wildman–Crippen MR) is 64.6 cm³/mol. The summed E-state index contributed by atoms with van der Waals surface area (Å²) in [7, 11) is 1.84. The Bertz CT molecular complexity index is 376. The first-order valence-electron chi connectivity index (χ1n) is 4.97. The van der Waals surface area contributed by atoms with Crippen LogP contribution in [0.25, 0.3) is 0 Å². The molecule has 0 aliphatic rings. The fraction of sp³-hybridized carbons (Fsp3) is 0.400. The minimum Gasteiger partial charge on any atom is -0.366 e. The standard InChI is InChI=1S/C10H15N3O2S/c1-12-5-2-3-8(14)13-10-7(9(11)15)4-6-16-10/h4,6,12H,2-3,5H2,1H3,(H2,11,15)(H,13,14). The van der Waals surface area contributed by atoms with Gasteiger partial charge in [0.25, 0.3) is 5.91 Å². The summed E-state index contributed by atoms with van der Waals surface area (Å²) in [5.74, 6) is -0.619. The molecule has 0 aliphatic carbocycles. The van der Waals surface area contributed by atoms with E-state index in [-0.39, 0.29) is 5.91 Å². The third-order valence-electron chi connectivity index (χ3n) is 2.01. The van der Waals surface area contributed by atoms with Crippen LogP contribution >= 0.6 is 11.3 Å². The number of nitrogens with one attached hydrogen (secondary N) is 2. The smallest absolute Gasteiger partial charge is 0.251 e. The molecule has 0 aromatic carbocycles. The number of carbonyl (C=O) groups excluding carboxylic acids is 2. The molecule has 1 rings (SSSR count). The molecule has 0 radical (unpaired) electrons. The Morgan fingerprint density at radius 1 is 1.50 bits per heavy atom. The molecule has 0 aliphatic heterocycles. The van der Waals surface area contributed by atoms with Crippen LogP contribution in [0, 0.1) is 0 Å². The first-order valence-corrected chi connectivity index (χ1v) is 5.85. The number of primary amides is 1. The van der Waals surface area contributed by atoms with Crippen molar-refractivity contribution in [3.8, 4) is 0 Å². The highest BCUT2D eigenvalue weighted by molar-refractivity contribution is 7.14. The third kappa shape index (κ3) is 3.63. The van der Waals surface area contributed by atoms with Gasteiger partial charge < -0.3 is 16.4 Å². The highest BCUT2D eigenvalue weighted by Gasteiger charge is 2.11. The van der Waals surface area contributed by atoms with Crippen LogP contribution in [0.4, 0.5) is 5.00 Å². The molecule has 88 valence electrons. The largest absolute Gasteiger partial charge is 0.366 e. The maximum absolute atomic E-state index is 11.5. The van der Waals surface area contributed by atoms with E-state index in [0.717, 1.165) is 13.0 Å². The average molecular weight is 241 g/mol. The van der Waals surface area contributed by atoms with Crippen LogP contribution in [-0.2, 0) is 4.79 Å². The van der Waals surface area contributed by atoms with Crippen molar-refractivity contribution in [3.05, 3.63) is 17.0 Å². The maximum atomic E-state index is 11.5. The summed E-state index contributed by atoms with van der Waals surface area (Å²) < 4.78 is 0. The van der Waals surface area contributed by atoms with Crippen molar-refractivity contribution in [3.63, 3.8) is 0 Å². The van der Waals surface area contributed by atoms with Gasteiger partial charge in [0, 0.05) is 6.42 Å². The van der Waals surface area contributed by atoms with Gasteiger partial charge in [0.2, 0.25) is 5.91 Å². The number of thiophene rings is 1. The maximum Gasteiger partial charge on any atom is 0.251 e. The number of nitrogens with two attached hydrogens (primary N) is 1. The Morgan fingerprint density at radius 2 is 2.25 bits per heavy atom. The van der Waals surface area contributed by atoms with E-state index >= 15 is 0 Å². The molecule has 1 aromatic heterocycles. The summed E-state index contributed by atoms with van der Waals surface area (Å²) in [5.41, 5.74) is 5.53. The van der Waals surface area contributed by atoms with Crippen LogP contribution in [-0.4, -0.2) is 25.4 Å². The van der Waals surface area contributed by atoms with Crippen LogP contribution in [0.15, 0.2) is 11.4 Å². The molecule has 0 spiro atoms. The molecule has 4 N–H and O–H groups in total. The third-order valence-corrected chi connectivity index (χ3v) is 2.84. The van der Waals surface area contributed by atoms with Crippen LogP contribution in [0.1, 0.15) is 23.2 Å². The quantitative estimate of drug-likeness (QED) is 0.644. The van der Waals surface area contributed by atoms with Gasteiger partial charge in [-0.25, -0.2) is 0 Å².